The van der Waals surface area contributed by atoms with Gasteiger partial charge in [0.25, 0.3) is 5.91 Å². The molecule has 1 unspecified atom stereocenters. The van der Waals surface area contributed by atoms with Crippen molar-refractivity contribution in [1.29, 1.82) is 5.26 Å². The SMILES string of the molecule is CC(NC(=O)/C(C#N)=C\c1ccccc1OC(F)F)c1ccccc1. The number of ether oxygens (including phenoxy) is 1. The topological polar surface area (TPSA) is 62.1 Å². The maximum absolute atomic E-state index is 12.5. The van der Waals surface area contributed by atoms with E-state index in [4.69, 9.17) is 0 Å². The third kappa shape index (κ3) is 5.15. The lowest BCUT2D eigenvalue weighted by Crippen LogP contribution is -2.27. The van der Waals surface area contributed by atoms with Crippen molar-refractivity contribution in [2.75, 3.05) is 0 Å². The van der Waals surface area contributed by atoms with Crippen LogP contribution in [0.5, 0.6) is 5.75 Å². The summed E-state index contributed by atoms with van der Waals surface area (Å²) in [6.45, 7) is -1.21. The van der Waals surface area contributed by atoms with Crippen LogP contribution < -0.4 is 10.1 Å². The Labute approximate surface area is 144 Å². The Bertz CT molecular complexity index is 799. The standard InChI is InChI=1S/C19H16F2N2O2/c1-13(14-7-3-2-4-8-14)23-18(24)16(12-22)11-15-9-5-6-10-17(15)25-19(20)21/h2-11,13,19H,1H3,(H,23,24)/b16-11-. The molecule has 0 heterocycles. The second-order valence-corrected chi connectivity index (χ2v) is 5.19. The van der Waals surface area contributed by atoms with Gasteiger partial charge in [-0.15, -0.1) is 0 Å². The third-order valence-corrected chi connectivity index (χ3v) is 3.45. The summed E-state index contributed by atoms with van der Waals surface area (Å²) in [7, 11) is 0. The van der Waals surface area contributed by atoms with E-state index in [1.54, 1.807) is 19.1 Å². The second-order valence-electron chi connectivity index (χ2n) is 5.19. The van der Waals surface area contributed by atoms with Gasteiger partial charge in [-0.05, 0) is 24.6 Å². The van der Waals surface area contributed by atoms with Crippen LogP contribution in [0.25, 0.3) is 6.08 Å². The molecule has 0 spiro atoms. The molecule has 0 aromatic heterocycles. The first-order chi connectivity index (χ1) is 12.0. The van der Waals surface area contributed by atoms with Gasteiger partial charge in [0.15, 0.2) is 0 Å². The highest BCUT2D eigenvalue weighted by atomic mass is 19.3. The van der Waals surface area contributed by atoms with Crippen LogP contribution >= 0.6 is 0 Å². The molecule has 0 bridgehead atoms. The number of hydrogen-bond acceptors (Lipinski definition) is 3. The van der Waals surface area contributed by atoms with Crippen molar-refractivity contribution in [3.8, 4) is 11.8 Å². The van der Waals surface area contributed by atoms with Crippen molar-refractivity contribution >= 4 is 12.0 Å². The third-order valence-electron chi connectivity index (χ3n) is 3.45. The van der Waals surface area contributed by atoms with Gasteiger partial charge in [0, 0.05) is 5.56 Å². The number of rotatable bonds is 6. The van der Waals surface area contributed by atoms with Gasteiger partial charge in [-0.25, -0.2) is 0 Å². The van der Waals surface area contributed by atoms with Gasteiger partial charge in [0.05, 0.1) is 6.04 Å². The van der Waals surface area contributed by atoms with Gasteiger partial charge in [-0.2, -0.15) is 14.0 Å². The number of carbonyl (C=O) groups is 1. The largest absolute Gasteiger partial charge is 0.434 e. The number of nitriles is 1. The van der Waals surface area contributed by atoms with Crippen LogP contribution in [0.4, 0.5) is 8.78 Å². The molecule has 0 fully saturated rings. The quantitative estimate of drug-likeness (QED) is 0.636. The molecule has 4 nitrogen and oxygen atoms in total. The van der Waals surface area contributed by atoms with Gasteiger partial charge in [-0.1, -0.05) is 48.5 Å². The summed E-state index contributed by atoms with van der Waals surface area (Å²) in [5.74, 6) is -0.695. The van der Waals surface area contributed by atoms with Gasteiger partial charge in [0.1, 0.15) is 17.4 Å². The van der Waals surface area contributed by atoms with E-state index in [1.165, 1.54) is 24.3 Å². The number of benzene rings is 2. The fourth-order valence-electron chi connectivity index (χ4n) is 2.21. The average Bonchev–Trinajstić information content (AvgIpc) is 2.61. The zero-order chi connectivity index (χ0) is 18.2. The van der Waals surface area contributed by atoms with Crippen LogP contribution in [-0.4, -0.2) is 12.5 Å². The summed E-state index contributed by atoms with van der Waals surface area (Å²) in [5.41, 5.74) is 0.907. The maximum Gasteiger partial charge on any atom is 0.387 e. The number of halogens is 2. The highest BCUT2D eigenvalue weighted by molar-refractivity contribution is 6.02. The maximum atomic E-state index is 12.5. The fraction of sp³-hybridized carbons (Fsp3) is 0.158. The number of alkyl halides is 2. The Morgan fingerprint density at radius 2 is 1.80 bits per heavy atom. The molecule has 6 heteroatoms. The highest BCUT2D eigenvalue weighted by Crippen LogP contribution is 2.23. The number of nitrogens with zero attached hydrogens (tertiary/aromatic N) is 1. The summed E-state index contributed by atoms with van der Waals surface area (Å²) < 4.78 is 29.3. The number of para-hydroxylation sites is 1. The molecule has 0 saturated heterocycles. The van der Waals surface area contributed by atoms with Crippen LogP contribution in [0, 0.1) is 11.3 Å². The molecular formula is C19H16F2N2O2. The van der Waals surface area contributed by atoms with Crippen LogP contribution in [-0.2, 0) is 4.79 Å². The number of carbonyl (C=O) groups excluding carboxylic acids is 1. The van der Waals surface area contributed by atoms with Crippen LogP contribution in [0.15, 0.2) is 60.2 Å². The van der Waals surface area contributed by atoms with E-state index in [0.29, 0.717) is 0 Å². The van der Waals surface area contributed by atoms with E-state index in [9.17, 15) is 18.8 Å². The molecule has 128 valence electrons. The Morgan fingerprint density at radius 3 is 2.44 bits per heavy atom. The minimum atomic E-state index is -2.99. The molecule has 1 N–H and O–H groups in total. The highest BCUT2D eigenvalue weighted by Gasteiger charge is 2.15. The van der Waals surface area contributed by atoms with Crippen LogP contribution in [0.2, 0.25) is 0 Å². The van der Waals surface area contributed by atoms with Crippen molar-refractivity contribution in [2.45, 2.75) is 19.6 Å². The molecule has 0 aliphatic carbocycles. The molecule has 0 saturated carbocycles. The molecule has 2 aromatic rings. The smallest absolute Gasteiger partial charge is 0.387 e. The zero-order valence-electron chi connectivity index (χ0n) is 13.4. The monoisotopic (exact) mass is 342 g/mol. The van der Waals surface area contributed by atoms with E-state index in [0.717, 1.165) is 5.56 Å². The number of amides is 1. The van der Waals surface area contributed by atoms with E-state index >= 15 is 0 Å². The summed E-state index contributed by atoms with van der Waals surface area (Å²) in [6.07, 6.45) is 1.23. The average molecular weight is 342 g/mol. The molecule has 0 aliphatic heterocycles. The molecule has 2 aromatic carbocycles. The van der Waals surface area contributed by atoms with Gasteiger partial charge < -0.3 is 10.1 Å². The second kappa shape index (κ2) is 8.60. The first-order valence-corrected chi connectivity index (χ1v) is 7.52. The lowest BCUT2D eigenvalue weighted by atomic mass is 10.1. The number of hydrogen-bond donors (Lipinski definition) is 1. The predicted octanol–water partition coefficient (Wildman–Crippen LogP) is 4.07. The van der Waals surface area contributed by atoms with Gasteiger partial charge in [-0.3, -0.25) is 4.79 Å². The Morgan fingerprint density at radius 1 is 1.16 bits per heavy atom. The molecule has 0 aliphatic rings. The fourth-order valence-corrected chi connectivity index (χ4v) is 2.21. The van der Waals surface area contributed by atoms with Crippen molar-refractivity contribution in [2.24, 2.45) is 0 Å². The van der Waals surface area contributed by atoms with Crippen molar-refractivity contribution in [3.05, 3.63) is 71.3 Å². The Balaban J connectivity index is 2.20. The Hall–Kier alpha value is -3.20. The van der Waals surface area contributed by atoms with Crippen LogP contribution in [0.1, 0.15) is 24.1 Å². The molecule has 1 amide bonds. The lowest BCUT2D eigenvalue weighted by Gasteiger charge is -2.14. The van der Waals surface area contributed by atoms with Gasteiger partial charge >= 0.3 is 6.61 Å². The zero-order valence-corrected chi connectivity index (χ0v) is 13.4. The van der Waals surface area contributed by atoms with Crippen molar-refractivity contribution in [1.82, 2.24) is 5.32 Å². The summed E-state index contributed by atoms with van der Waals surface area (Å²) in [5, 5.41) is 12.0. The molecule has 25 heavy (non-hydrogen) atoms. The minimum Gasteiger partial charge on any atom is -0.434 e. The van der Waals surface area contributed by atoms with E-state index in [-0.39, 0.29) is 22.9 Å². The molecular weight excluding hydrogens is 326 g/mol. The van der Waals surface area contributed by atoms with E-state index in [1.807, 2.05) is 30.3 Å². The predicted molar refractivity (Wildman–Crippen MR) is 89.7 cm³/mol. The minimum absolute atomic E-state index is 0.103. The number of nitrogens with one attached hydrogen (secondary N) is 1. The summed E-state index contributed by atoms with van der Waals surface area (Å²) in [4.78, 5) is 12.3. The van der Waals surface area contributed by atoms with E-state index in [2.05, 4.69) is 10.1 Å². The molecule has 1 atom stereocenters. The lowest BCUT2D eigenvalue weighted by molar-refractivity contribution is -0.117. The summed E-state index contributed by atoms with van der Waals surface area (Å²) >= 11 is 0. The first-order valence-electron chi connectivity index (χ1n) is 7.52. The molecule has 0 radical (unpaired) electrons. The van der Waals surface area contributed by atoms with Gasteiger partial charge in [0.2, 0.25) is 0 Å². The summed E-state index contributed by atoms with van der Waals surface area (Å²) in [6, 6.07) is 16.7. The Kier molecular flexibility index (Phi) is 6.24. The van der Waals surface area contributed by atoms with Crippen LogP contribution in [0.3, 0.4) is 0 Å². The van der Waals surface area contributed by atoms with Crippen molar-refractivity contribution in [3.63, 3.8) is 0 Å². The van der Waals surface area contributed by atoms with Crippen molar-refractivity contribution < 1.29 is 18.3 Å². The molecule has 2 rings (SSSR count). The normalized spacial score (nSPS) is 12.4. The first kappa shape index (κ1) is 18.1. The van der Waals surface area contributed by atoms with E-state index < -0.39 is 12.5 Å².